The third kappa shape index (κ3) is 6.21. The Hall–Kier alpha value is -3.46. The Morgan fingerprint density at radius 2 is 1.35 bits per heavy atom. The Morgan fingerprint density at radius 3 is 1.77 bits per heavy atom. The van der Waals surface area contributed by atoms with Gasteiger partial charge in [0.2, 0.25) is 0 Å². The summed E-state index contributed by atoms with van der Waals surface area (Å²) in [7, 11) is 0. The molecule has 0 saturated heterocycles. The fourth-order valence-electron chi connectivity index (χ4n) is 2.19. The van der Waals surface area contributed by atoms with Crippen LogP contribution in [0.25, 0.3) is 0 Å². The third-order valence-corrected chi connectivity index (χ3v) is 3.37. The molecule has 0 radical (unpaired) electrons. The highest BCUT2D eigenvalue weighted by Gasteiger charge is 2.04. The van der Waals surface area contributed by atoms with E-state index in [1.54, 1.807) is 19.1 Å². The van der Waals surface area contributed by atoms with Gasteiger partial charge in [-0.1, -0.05) is 30.2 Å². The van der Waals surface area contributed by atoms with Gasteiger partial charge in [-0.2, -0.15) is 0 Å². The van der Waals surface area contributed by atoms with E-state index in [4.69, 9.17) is 15.9 Å². The first kappa shape index (κ1) is 18.9. The van der Waals surface area contributed by atoms with Crippen LogP contribution in [0.3, 0.4) is 0 Å². The molecule has 0 aromatic heterocycles. The van der Waals surface area contributed by atoms with Crippen molar-refractivity contribution in [2.75, 3.05) is 23.8 Å². The molecule has 0 spiro atoms. The second-order valence-corrected chi connectivity index (χ2v) is 5.32. The quantitative estimate of drug-likeness (QED) is 0.770. The van der Waals surface area contributed by atoms with Crippen LogP contribution in [0.15, 0.2) is 48.5 Å². The number of nitrogens with one attached hydrogen (secondary N) is 2. The van der Waals surface area contributed by atoms with E-state index in [0.717, 1.165) is 17.5 Å². The average molecular weight is 352 g/mol. The summed E-state index contributed by atoms with van der Waals surface area (Å²) >= 11 is 0. The fraction of sp³-hybridized carbons (Fsp3) is 0.200. The number of anilines is 2. The van der Waals surface area contributed by atoms with Gasteiger partial charge in [-0.25, -0.2) is 9.59 Å². The molecule has 0 fully saturated rings. The molecular weight excluding hydrogens is 332 g/mol. The Labute approximate surface area is 152 Å². The number of ether oxygens (including phenoxy) is 2. The Bertz CT molecular complexity index is 777. The molecule has 6 heteroatoms. The van der Waals surface area contributed by atoms with E-state index in [-0.39, 0.29) is 6.61 Å². The van der Waals surface area contributed by atoms with Crippen LogP contribution in [0.1, 0.15) is 18.1 Å². The van der Waals surface area contributed by atoms with Crippen LogP contribution in [0, 0.1) is 12.3 Å². The second-order valence-electron chi connectivity index (χ2n) is 5.32. The molecule has 2 amide bonds. The van der Waals surface area contributed by atoms with E-state index >= 15 is 0 Å². The van der Waals surface area contributed by atoms with Crippen molar-refractivity contribution < 1.29 is 19.1 Å². The molecule has 0 saturated carbocycles. The van der Waals surface area contributed by atoms with Gasteiger partial charge in [-0.3, -0.25) is 10.6 Å². The van der Waals surface area contributed by atoms with E-state index in [0.29, 0.717) is 18.0 Å². The summed E-state index contributed by atoms with van der Waals surface area (Å²) in [6.45, 7) is 2.02. The Morgan fingerprint density at radius 1 is 0.885 bits per heavy atom. The van der Waals surface area contributed by atoms with Crippen molar-refractivity contribution in [2.45, 2.75) is 13.3 Å². The predicted octanol–water partition coefficient (Wildman–Crippen LogP) is 4.03. The molecule has 2 N–H and O–H groups in total. The molecule has 2 rings (SSSR count). The van der Waals surface area contributed by atoms with Crippen LogP contribution in [0.5, 0.6) is 0 Å². The number of carbonyl (C=O) groups excluding carboxylic acids is 2. The summed E-state index contributed by atoms with van der Waals surface area (Å²) in [6, 6.07) is 14.9. The molecule has 0 unspecified atom stereocenters. The number of terminal acetylenes is 1. The van der Waals surface area contributed by atoms with Crippen LogP contribution in [0.4, 0.5) is 21.0 Å². The first-order valence-corrected chi connectivity index (χ1v) is 8.09. The highest BCUT2D eigenvalue weighted by molar-refractivity contribution is 5.85. The number of carbonyl (C=O) groups is 2. The Balaban J connectivity index is 1.89. The van der Waals surface area contributed by atoms with Crippen molar-refractivity contribution >= 4 is 23.6 Å². The van der Waals surface area contributed by atoms with Crippen molar-refractivity contribution in [1.82, 2.24) is 0 Å². The first-order chi connectivity index (χ1) is 12.6. The van der Waals surface area contributed by atoms with E-state index in [1.807, 2.05) is 36.4 Å². The highest BCUT2D eigenvalue weighted by atomic mass is 16.6. The SMILES string of the molecule is C#CCOC(=O)Nc1ccc(Cc2ccc(NC(=O)OCC)cc2)cc1. The maximum Gasteiger partial charge on any atom is 0.412 e. The number of hydrogen-bond donors (Lipinski definition) is 2. The van der Waals surface area contributed by atoms with Crippen LogP contribution in [0.2, 0.25) is 0 Å². The zero-order valence-corrected chi connectivity index (χ0v) is 14.5. The zero-order valence-electron chi connectivity index (χ0n) is 14.5. The lowest BCUT2D eigenvalue weighted by Crippen LogP contribution is -2.13. The van der Waals surface area contributed by atoms with Gasteiger partial charge < -0.3 is 9.47 Å². The van der Waals surface area contributed by atoms with Crippen molar-refractivity contribution in [2.24, 2.45) is 0 Å². The van der Waals surface area contributed by atoms with E-state index in [9.17, 15) is 9.59 Å². The standard InChI is InChI=1S/C20H20N2O4/c1-3-13-26-20(24)22-18-11-7-16(8-12-18)14-15-5-9-17(10-6-15)21-19(23)25-4-2/h1,5-12H,4,13-14H2,2H3,(H,21,23)(H,22,24). The van der Waals surface area contributed by atoms with Crippen LogP contribution >= 0.6 is 0 Å². The highest BCUT2D eigenvalue weighted by Crippen LogP contribution is 2.16. The van der Waals surface area contributed by atoms with Crippen LogP contribution in [-0.4, -0.2) is 25.4 Å². The van der Waals surface area contributed by atoms with Crippen LogP contribution in [-0.2, 0) is 15.9 Å². The molecule has 0 atom stereocenters. The predicted molar refractivity (Wildman–Crippen MR) is 100 cm³/mol. The minimum atomic E-state index is -0.583. The molecule has 26 heavy (non-hydrogen) atoms. The molecule has 0 bridgehead atoms. The third-order valence-electron chi connectivity index (χ3n) is 3.37. The van der Waals surface area contributed by atoms with Gasteiger partial charge in [0.1, 0.15) is 0 Å². The van der Waals surface area contributed by atoms with Crippen molar-refractivity contribution in [3.05, 3.63) is 59.7 Å². The lowest BCUT2D eigenvalue weighted by atomic mass is 10.0. The number of benzene rings is 2. The molecule has 0 heterocycles. The van der Waals surface area contributed by atoms with Gasteiger partial charge in [0, 0.05) is 11.4 Å². The molecule has 0 aliphatic heterocycles. The fourth-order valence-corrected chi connectivity index (χ4v) is 2.19. The molecule has 0 aliphatic rings. The average Bonchev–Trinajstić information content (AvgIpc) is 2.63. The minimum absolute atomic E-state index is 0.0645. The van der Waals surface area contributed by atoms with Gasteiger partial charge in [0.25, 0.3) is 0 Å². The topological polar surface area (TPSA) is 76.7 Å². The summed E-state index contributed by atoms with van der Waals surface area (Å²) in [4.78, 5) is 22.8. The lowest BCUT2D eigenvalue weighted by Gasteiger charge is -2.08. The molecule has 2 aromatic rings. The smallest absolute Gasteiger partial charge is 0.412 e. The maximum absolute atomic E-state index is 11.4. The summed E-state index contributed by atoms with van der Waals surface area (Å²) in [5.41, 5.74) is 3.48. The zero-order chi connectivity index (χ0) is 18.8. The summed E-state index contributed by atoms with van der Waals surface area (Å²) in [5.74, 6) is 2.23. The molecule has 0 aliphatic carbocycles. The van der Waals surface area contributed by atoms with E-state index < -0.39 is 12.2 Å². The summed E-state index contributed by atoms with van der Waals surface area (Å²) < 4.78 is 9.58. The normalized spacial score (nSPS) is 9.69. The van der Waals surface area contributed by atoms with Gasteiger partial charge >= 0.3 is 12.2 Å². The lowest BCUT2D eigenvalue weighted by molar-refractivity contribution is 0.168. The van der Waals surface area contributed by atoms with E-state index in [1.165, 1.54) is 0 Å². The minimum Gasteiger partial charge on any atom is -0.450 e. The molecule has 6 nitrogen and oxygen atoms in total. The molecular formula is C20H20N2O4. The molecule has 134 valence electrons. The summed E-state index contributed by atoms with van der Waals surface area (Å²) in [5, 5.41) is 5.24. The Kier molecular flexibility index (Phi) is 7.07. The second kappa shape index (κ2) is 9.74. The van der Waals surface area contributed by atoms with E-state index in [2.05, 4.69) is 16.6 Å². The van der Waals surface area contributed by atoms with Crippen LogP contribution < -0.4 is 10.6 Å². The maximum atomic E-state index is 11.4. The van der Waals surface area contributed by atoms with Crippen molar-refractivity contribution in [3.63, 3.8) is 0 Å². The first-order valence-electron chi connectivity index (χ1n) is 8.09. The monoisotopic (exact) mass is 352 g/mol. The number of hydrogen-bond acceptors (Lipinski definition) is 4. The molecule has 2 aromatic carbocycles. The number of rotatable bonds is 6. The number of amides is 2. The van der Waals surface area contributed by atoms with Gasteiger partial charge in [0.05, 0.1) is 6.61 Å². The van der Waals surface area contributed by atoms with Crippen molar-refractivity contribution in [1.29, 1.82) is 0 Å². The largest absolute Gasteiger partial charge is 0.450 e. The van der Waals surface area contributed by atoms with Crippen molar-refractivity contribution in [3.8, 4) is 12.3 Å². The van der Waals surface area contributed by atoms with Gasteiger partial charge in [-0.15, -0.1) is 6.42 Å². The van der Waals surface area contributed by atoms with Gasteiger partial charge in [-0.05, 0) is 48.7 Å². The van der Waals surface area contributed by atoms with Gasteiger partial charge in [0.15, 0.2) is 6.61 Å². The summed E-state index contributed by atoms with van der Waals surface area (Å²) in [6.07, 6.45) is 4.70.